The van der Waals surface area contributed by atoms with Gasteiger partial charge in [-0.1, -0.05) is 0 Å². The first-order chi connectivity index (χ1) is 11.6. The molecular weight excluding hydrogens is 364 g/mol. The van der Waals surface area contributed by atoms with E-state index in [1.807, 2.05) is 0 Å². The molecule has 0 aliphatic heterocycles. The Balaban J connectivity index is 4.48. The van der Waals surface area contributed by atoms with Gasteiger partial charge < -0.3 is 20.1 Å². The molecule has 0 radical (unpaired) electrons. The van der Waals surface area contributed by atoms with Gasteiger partial charge in [0.15, 0.2) is 0 Å². The van der Waals surface area contributed by atoms with Crippen LogP contribution >= 0.6 is 0 Å². The maximum absolute atomic E-state index is 11.9. The van der Waals surface area contributed by atoms with Crippen LogP contribution in [0.25, 0.3) is 0 Å². The number of hydrogen-bond acceptors (Lipinski definition) is 7. The number of nitrogens with one attached hydrogen (secondary N) is 2. The van der Waals surface area contributed by atoms with E-state index in [1.54, 1.807) is 41.5 Å². The fraction of sp³-hybridized carbons (Fsp3) is 0.875. The van der Waals surface area contributed by atoms with E-state index in [0.29, 0.717) is 19.4 Å². The largest absolute Gasteiger partial charge is 0.444 e. The van der Waals surface area contributed by atoms with Crippen LogP contribution in [-0.2, 0) is 23.8 Å². The van der Waals surface area contributed by atoms with E-state index < -0.39 is 39.5 Å². The van der Waals surface area contributed by atoms with Gasteiger partial charge in [0, 0.05) is 6.54 Å². The number of rotatable bonds is 8. The van der Waals surface area contributed by atoms with E-state index in [2.05, 4.69) is 10.6 Å². The predicted octanol–water partition coefficient (Wildman–Crippen LogP) is 2.16. The third kappa shape index (κ3) is 15.9. The summed E-state index contributed by atoms with van der Waals surface area (Å²) in [6.07, 6.45) is 0.583. The number of carbonyl (C=O) groups excluding carboxylic acids is 2. The molecule has 2 N–H and O–H groups in total. The Morgan fingerprint density at radius 1 is 0.962 bits per heavy atom. The van der Waals surface area contributed by atoms with Crippen LogP contribution in [0.2, 0.25) is 0 Å². The van der Waals surface area contributed by atoms with Crippen molar-refractivity contribution in [2.75, 3.05) is 19.4 Å². The Morgan fingerprint density at radius 2 is 1.46 bits per heavy atom. The average Bonchev–Trinajstić information content (AvgIpc) is 2.35. The topological polar surface area (TPSA) is 120 Å². The van der Waals surface area contributed by atoms with Gasteiger partial charge in [0.2, 0.25) is 0 Å². The summed E-state index contributed by atoms with van der Waals surface area (Å²) in [6, 6.07) is -0.583. The number of alkyl carbamates (subject to hydrolysis) is 2. The zero-order chi connectivity index (χ0) is 20.6. The molecule has 26 heavy (non-hydrogen) atoms. The van der Waals surface area contributed by atoms with Crippen molar-refractivity contribution in [1.29, 1.82) is 0 Å². The summed E-state index contributed by atoms with van der Waals surface area (Å²) in [5, 5.41) is 5.17. The molecule has 0 heterocycles. The molecule has 1 unspecified atom stereocenters. The van der Waals surface area contributed by atoms with Gasteiger partial charge in [-0.25, -0.2) is 9.59 Å². The third-order valence-electron chi connectivity index (χ3n) is 2.60. The van der Waals surface area contributed by atoms with E-state index >= 15 is 0 Å². The molecule has 0 saturated carbocycles. The van der Waals surface area contributed by atoms with E-state index in [9.17, 15) is 18.0 Å². The molecule has 2 amide bonds. The van der Waals surface area contributed by atoms with Crippen LogP contribution in [-0.4, -0.2) is 57.3 Å². The molecular formula is C16H32N2O7S. The quantitative estimate of drug-likeness (QED) is 0.476. The summed E-state index contributed by atoms with van der Waals surface area (Å²) in [6.45, 7) is 10.5. The SMILES string of the molecule is CC(C)(C)OC(=O)NCCCC(COS(C)(=O)=O)NC(=O)OC(C)(C)C. The monoisotopic (exact) mass is 396 g/mol. The summed E-state index contributed by atoms with van der Waals surface area (Å²) < 4.78 is 37.3. The summed E-state index contributed by atoms with van der Waals surface area (Å²) in [4.78, 5) is 23.4. The maximum atomic E-state index is 11.9. The van der Waals surface area contributed by atoms with Crippen molar-refractivity contribution in [2.24, 2.45) is 0 Å². The van der Waals surface area contributed by atoms with Crippen LogP contribution < -0.4 is 10.6 Å². The van der Waals surface area contributed by atoms with Crippen LogP contribution in [0.3, 0.4) is 0 Å². The van der Waals surface area contributed by atoms with Gasteiger partial charge >= 0.3 is 12.2 Å². The normalized spacial score (nSPS) is 13.7. The smallest absolute Gasteiger partial charge is 0.407 e. The van der Waals surface area contributed by atoms with Crippen molar-refractivity contribution in [3.63, 3.8) is 0 Å². The minimum Gasteiger partial charge on any atom is -0.444 e. The highest BCUT2D eigenvalue weighted by molar-refractivity contribution is 7.85. The molecule has 0 rings (SSSR count). The molecule has 0 fully saturated rings. The standard InChI is InChI=1S/C16H32N2O7S/c1-15(2,3)24-13(19)17-10-8-9-12(11-23-26(7,21)22)18-14(20)25-16(4,5)6/h12H,8-11H2,1-7H3,(H,17,19)(H,18,20). The summed E-state index contributed by atoms with van der Waals surface area (Å²) in [5.41, 5.74) is -1.27. The van der Waals surface area contributed by atoms with E-state index in [0.717, 1.165) is 6.26 Å². The van der Waals surface area contributed by atoms with Crippen molar-refractivity contribution in [3.8, 4) is 0 Å². The lowest BCUT2D eigenvalue weighted by atomic mass is 10.1. The minimum atomic E-state index is -3.64. The molecule has 0 aliphatic carbocycles. The number of amides is 2. The molecule has 154 valence electrons. The van der Waals surface area contributed by atoms with Crippen LogP contribution in [0.5, 0.6) is 0 Å². The van der Waals surface area contributed by atoms with Crippen LogP contribution in [0.1, 0.15) is 54.4 Å². The highest BCUT2D eigenvalue weighted by Crippen LogP contribution is 2.09. The molecule has 0 saturated heterocycles. The highest BCUT2D eigenvalue weighted by Gasteiger charge is 2.21. The van der Waals surface area contributed by atoms with Crippen LogP contribution in [0.4, 0.5) is 9.59 Å². The predicted molar refractivity (Wildman–Crippen MR) is 97.4 cm³/mol. The van der Waals surface area contributed by atoms with Gasteiger partial charge in [-0.15, -0.1) is 0 Å². The summed E-state index contributed by atoms with van der Waals surface area (Å²) >= 11 is 0. The van der Waals surface area contributed by atoms with Gasteiger partial charge in [0.1, 0.15) is 11.2 Å². The molecule has 0 bridgehead atoms. The number of carbonyl (C=O) groups is 2. The first-order valence-electron chi connectivity index (χ1n) is 8.38. The van der Waals surface area contributed by atoms with Crippen molar-refractivity contribution in [3.05, 3.63) is 0 Å². The van der Waals surface area contributed by atoms with Crippen LogP contribution in [0.15, 0.2) is 0 Å². The van der Waals surface area contributed by atoms with Crippen LogP contribution in [0, 0.1) is 0 Å². The van der Waals surface area contributed by atoms with E-state index in [-0.39, 0.29) is 6.61 Å². The Labute approximate surface area is 156 Å². The molecule has 1 atom stereocenters. The maximum Gasteiger partial charge on any atom is 0.407 e. The van der Waals surface area contributed by atoms with Gasteiger partial charge in [-0.2, -0.15) is 8.42 Å². The van der Waals surface area contributed by atoms with E-state index in [4.69, 9.17) is 13.7 Å². The number of hydrogen-bond donors (Lipinski definition) is 2. The van der Waals surface area contributed by atoms with Gasteiger partial charge in [-0.3, -0.25) is 4.18 Å². The lowest BCUT2D eigenvalue weighted by molar-refractivity contribution is 0.0474. The van der Waals surface area contributed by atoms with Crippen molar-refractivity contribution in [2.45, 2.75) is 71.6 Å². The van der Waals surface area contributed by atoms with Gasteiger partial charge in [-0.05, 0) is 54.4 Å². The van der Waals surface area contributed by atoms with Crippen molar-refractivity contribution in [1.82, 2.24) is 10.6 Å². The first kappa shape index (κ1) is 24.5. The fourth-order valence-corrected chi connectivity index (χ4v) is 2.14. The Hall–Kier alpha value is -1.55. The highest BCUT2D eigenvalue weighted by atomic mass is 32.2. The second-order valence-corrected chi connectivity index (χ2v) is 9.55. The molecule has 0 spiro atoms. The molecule has 0 aliphatic rings. The molecule has 9 nitrogen and oxygen atoms in total. The minimum absolute atomic E-state index is 0.218. The lowest BCUT2D eigenvalue weighted by Crippen LogP contribution is -2.42. The van der Waals surface area contributed by atoms with Crippen molar-refractivity contribution < 1.29 is 31.7 Å². The Bertz CT molecular complexity index is 562. The molecule has 0 aromatic heterocycles. The second kappa shape index (κ2) is 9.96. The van der Waals surface area contributed by atoms with Crippen molar-refractivity contribution >= 4 is 22.3 Å². The Morgan fingerprint density at radius 3 is 1.92 bits per heavy atom. The first-order valence-corrected chi connectivity index (χ1v) is 10.2. The van der Waals surface area contributed by atoms with Gasteiger partial charge in [0.25, 0.3) is 10.1 Å². The zero-order valence-electron chi connectivity index (χ0n) is 16.7. The molecule has 0 aromatic rings. The zero-order valence-corrected chi connectivity index (χ0v) is 17.5. The van der Waals surface area contributed by atoms with Gasteiger partial charge in [0.05, 0.1) is 18.9 Å². The number of ether oxygens (including phenoxy) is 2. The molecule has 0 aromatic carbocycles. The lowest BCUT2D eigenvalue weighted by Gasteiger charge is -2.23. The van der Waals surface area contributed by atoms with E-state index in [1.165, 1.54) is 0 Å². The fourth-order valence-electron chi connectivity index (χ4n) is 1.73. The Kier molecular flexibility index (Phi) is 9.36. The third-order valence-corrected chi connectivity index (χ3v) is 3.17. The average molecular weight is 397 g/mol. The molecule has 10 heteroatoms. The second-order valence-electron chi connectivity index (χ2n) is 7.90. The summed E-state index contributed by atoms with van der Waals surface area (Å²) in [5.74, 6) is 0. The summed E-state index contributed by atoms with van der Waals surface area (Å²) in [7, 11) is -3.64.